The second-order valence-electron chi connectivity index (χ2n) is 4.68. The highest BCUT2D eigenvalue weighted by molar-refractivity contribution is 6.07. The SMILES string of the molecule is COc1ccc(C(=O)/C=C/c2cccc(C)c2)cc1OC. The van der Waals surface area contributed by atoms with E-state index in [4.69, 9.17) is 9.47 Å². The summed E-state index contributed by atoms with van der Waals surface area (Å²) >= 11 is 0. The second kappa shape index (κ2) is 6.75. The highest BCUT2D eigenvalue weighted by Gasteiger charge is 2.08. The summed E-state index contributed by atoms with van der Waals surface area (Å²) in [5.41, 5.74) is 2.73. The van der Waals surface area contributed by atoms with Crippen molar-refractivity contribution in [2.45, 2.75) is 6.92 Å². The fraction of sp³-hybridized carbons (Fsp3) is 0.167. The predicted octanol–water partition coefficient (Wildman–Crippen LogP) is 3.91. The van der Waals surface area contributed by atoms with Gasteiger partial charge in [0.1, 0.15) is 0 Å². The molecule has 3 heteroatoms. The van der Waals surface area contributed by atoms with E-state index in [2.05, 4.69) is 0 Å². The van der Waals surface area contributed by atoms with Crippen LogP contribution < -0.4 is 9.47 Å². The third kappa shape index (κ3) is 3.72. The van der Waals surface area contributed by atoms with Crippen molar-refractivity contribution < 1.29 is 14.3 Å². The first kappa shape index (κ1) is 14.9. The Hall–Kier alpha value is -2.55. The Bertz CT molecular complexity index is 672. The van der Waals surface area contributed by atoms with Crippen molar-refractivity contribution in [1.82, 2.24) is 0 Å². The number of carbonyl (C=O) groups excluding carboxylic acids is 1. The van der Waals surface area contributed by atoms with E-state index in [0.29, 0.717) is 17.1 Å². The highest BCUT2D eigenvalue weighted by Crippen LogP contribution is 2.27. The van der Waals surface area contributed by atoms with Crippen molar-refractivity contribution in [1.29, 1.82) is 0 Å². The standard InChI is InChI=1S/C18H18O3/c1-13-5-4-6-14(11-13)7-9-16(19)15-8-10-17(20-2)18(12-15)21-3/h4-12H,1-3H3/b9-7+. The number of aryl methyl sites for hydroxylation is 1. The van der Waals surface area contributed by atoms with E-state index in [9.17, 15) is 4.79 Å². The van der Waals surface area contributed by atoms with Crippen molar-refractivity contribution in [2.75, 3.05) is 14.2 Å². The van der Waals surface area contributed by atoms with Gasteiger partial charge in [-0.1, -0.05) is 35.9 Å². The Morgan fingerprint density at radius 1 is 1.00 bits per heavy atom. The number of benzene rings is 2. The summed E-state index contributed by atoms with van der Waals surface area (Å²) in [6, 6.07) is 13.1. The second-order valence-corrected chi connectivity index (χ2v) is 4.68. The lowest BCUT2D eigenvalue weighted by atomic mass is 10.1. The zero-order valence-corrected chi connectivity index (χ0v) is 12.4. The summed E-state index contributed by atoms with van der Waals surface area (Å²) in [6.45, 7) is 2.02. The number of allylic oxidation sites excluding steroid dienone is 1. The highest BCUT2D eigenvalue weighted by atomic mass is 16.5. The van der Waals surface area contributed by atoms with Crippen molar-refractivity contribution >= 4 is 11.9 Å². The van der Waals surface area contributed by atoms with Crippen LogP contribution >= 0.6 is 0 Å². The summed E-state index contributed by atoms with van der Waals surface area (Å²) in [5, 5.41) is 0. The first-order valence-corrected chi connectivity index (χ1v) is 6.65. The molecule has 0 spiro atoms. The predicted molar refractivity (Wildman–Crippen MR) is 84.1 cm³/mol. The van der Waals surface area contributed by atoms with Gasteiger partial charge in [0.25, 0.3) is 0 Å². The third-order valence-corrected chi connectivity index (χ3v) is 3.14. The van der Waals surface area contributed by atoms with E-state index in [1.54, 1.807) is 38.5 Å². The van der Waals surface area contributed by atoms with Gasteiger partial charge in [0, 0.05) is 5.56 Å². The van der Waals surface area contributed by atoms with E-state index in [0.717, 1.165) is 11.1 Å². The Kier molecular flexibility index (Phi) is 4.77. The van der Waals surface area contributed by atoms with Gasteiger partial charge in [0.15, 0.2) is 17.3 Å². The summed E-state index contributed by atoms with van der Waals surface area (Å²) in [4.78, 5) is 12.2. The summed E-state index contributed by atoms with van der Waals surface area (Å²) < 4.78 is 10.4. The Balaban J connectivity index is 2.20. The van der Waals surface area contributed by atoms with E-state index in [-0.39, 0.29) is 5.78 Å². The molecule has 0 aliphatic rings. The minimum Gasteiger partial charge on any atom is -0.493 e. The molecule has 0 aliphatic carbocycles. The van der Waals surface area contributed by atoms with Crippen LogP contribution in [0.3, 0.4) is 0 Å². The van der Waals surface area contributed by atoms with Crippen molar-refractivity contribution in [3.05, 3.63) is 65.2 Å². The molecule has 2 rings (SSSR count). The Morgan fingerprint density at radius 2 is 1.76 bits per heavy atom. The van der Waals surface area contributed by atoms with E-state index in [1.165, 1.54) is 0 Å². The van der Waals surface area contributed by atoms with Gasteiger partial charge in [-0.25, -0.2) is 0 Å². The number of rotatable bonds is 5. The molecule has 3 nitrogen and oxygen atoms in total. The van der Waals surface area contributed by atoms with Gasteiger partial charge in [0.2, 0.25) is 0 Å². The normalized spacial score (nSPS) is 10.6. The van der Waals surface area contributed by atoms with Crippen LogP contribution in [-0.2, 0) is 0 Å². The van der Waals surface area contributed by atoms with E-state index in [1.807, 2.05) is 37.3 Å². The molecule has 0 fully saturated rings. The van der Waals surface area contributed by atoms with Crippen molar-refractivity contribution in [3.63, 3.8) is 0 Å². The van der Waals surface area contributed by atoms with Gasteiger partial charge < -0.3 is 9.47 Å². The molecule has 0 N–H and O–H groups in total. The fourth-order valence-corrected chi connectivity index (χ4v) is 2.03. The van der Waals surface area contributed by atoms with Gasteiger partial charge in [-0.3, -0.25) is 4.79 Å². The lowest BCUT2D eigenvalue weighted by molar-refractivity contribution is 0.104. The number of carbonyl (C=O) groups is 1. The van der Waals surface area contributed by atoms with Crippen LogP contribution in [0.5, 0.6) is 11.5 Å². The molecular formula is C18H18O3. The van der Waals surface area contributed by atoms with E-state index >= 15 is 0 Å². The largest absolute Gasteiger partial charge is 0.493 e. The molecule has 0 saturated carbocycles. The topological polar surface area (TPSA) is 35.5 Å². The zero-order chi connectivity index (χ0) is 15.2. The minimum atomic E-state index is -0.0718. The molecule has 0 atom stereocenters. The van der Waals surface area contributed by atoms with Crippen LogP contribution in [0.2, 0.25) is 0 Å². The third-order valence-electron chi connectivity index (χ3n) is 3.14. The van der Waals surface area contributed by atoms with Gasteiger partial charge in [0.05, 0.1) is 14.2 Å². The molecule has 0 radical (unpaired) electrons. The van der Waals surface area contributed by atoms with Crippen LogP contribution in [0.4, 0.5) is 0 Å². The molecule has 0 heterocycles. The lowest BCUT2D eigenvalue weighted by Crippen LogP contribution is -1.97. The molecule has 0 unspecified atom stereocenters. The molecular weight excluding hydrogens is 264 g/mol. The molecule has 0 saturated heterocycles. The number of hydrogen-bond donors (Lipinski definition) is 0. The molecule has 2 aromatic carbocycles. The molecule has 2 aromatic rings. The molecule has 0 aliphatic heterocycles. The average Bonchev–Trinajstić information content (AvgIpc) is 2.52. The van der Waals surface area contributed by atoms with Crippen molar-refractivity contribution in [3.8, 4) is 11.5 Å². The quantitative estimate of drug-likeness (QED) is 0.616. The minimum absolute atomic E-state index is 0.0718. The molecule has 0 amide bonds. The number of ether oxygens (including phenoxy) is 2. The maximum Gasteiger partial charge on any atom is 0.185 e. The number of methoxy groups -OCH3 is 2. The lowest BCUT2D eigenvalue weighted by Gasteiger charge is -2.08. The van der Waals surface area contributed by atoms with Crippen molar-refractivity contribution in [2.24, 2.45) is 0 Å². The average molecular weight is 282 g/mol. The fourth-order valence-electron chi connectivity index (χ4n) is 2.03. The number of ketones is 1. The first-order chi connectivity index (χ1) is 10.1. The maximum absolute atomic E-state index is 12.2. The number of hydrogen-bond acceptors (Lipinski definition) is 3. The summed E-state index contributed by atoms with van der Waals surface area (Å²) in [6.07, 6.45) is 3.38. The van der Waals surface area contributed by atoms with Crippen LogP contribution in [0, 0.1) is 6.92 Å². The maximum atomic E-state index is 12.2. The van der Waals surface area contributed by atoms with Gasteiger partial charge in [-0.05, 0) is 36.8 Å². The monoisotopic (exact) mass is 282 g/mol. The first-order valence-electron chi connectivity index (χ1n) is 6.65. The van der Waals surface area contributed by atoms with E-state index < -0.39 is 0 Å². The van der Waals surface area contributed by atoms with Gasteiger partial charge >= 0.3 is 0 Å². The Morgan fingerprint density at radius 3 is 2.43 bits per heavy atom. The molecule has 21 heavy (non-hydrogen) atoms. The van der Waals surface area contributed by atoms with Crippen LogP contribution in [0.25, 0.3) is 6.08 Å². The molecule has 0 aromatic heterocycles. The van der Waals surface area contributed by atoms with Crippen LogP contribution in [0.15, 0.2) is 48.5 Å². The zero-order valence-electron chi connectivity index (χ0n) is 12.4. The summed E-state index contributed by atoms with van der Waals surface area (Å²) in [5.74, 6) is 1.08. The molecule has 0 bridgehead atoms. The van der Waals surface area contributed by atoms with Crippen LogP contribution in [0.1, 0.15) is 21.5 Å². The molecule has 108 valence electrons. The summed E-state index contributed by atoms with van der Waals surface area (Å²) in [7, 11) is 3.12. The smallest absolute Gasteiger partial charge is 0.185 e. The van der Waals surface area contributed by atoms with Gasteiger partial charge in [-0.2, -0.15) is 0 Å². The van der Waals surface area contributed by atoms with Crippen LogP contribution in [-0.4, -0.2) is 20.0 Å². The van der Waals surface area contributed by atoms with Gasteiger partial charge in [-0.15, -0.1) is 0 Å². The Labute approximate surface area is 124 Å².